The number of hydrogen-bond donors (Lipinski definition) is 1. The van der Waals surface area contributed by atoms with Gasteiger partial charge in [0.15, 0.2) is 5.78 Å². The van der Waals surface area contributed by atoms with Crippen molar-refractivity contribution in [1.82, 2.24) is 15.1 Å². The molecule has 84 valence electrons. The minimum atomic E-state index is 0.00214. The van der Waals surface area contributed by atoms with Crippen LogP contribution in [-0.4, -0.2) is 29.2 Å². The Morgan fingerprint density at radius 3 is 3.00 bits per heavy atom. The zero-order chi connectivity index (χ0) is 11.3. The van der Waals surface area contributed by atoms with E-state index in [1.807, 2.05) is 14.0 Å². The Labute approximate surface area is 90.7 Å². The Morgan fingerprint density at radius 1 is 1.67 bits per heavy atom. The number of ketones is 1. The molecule has 1 rings (SSSR count). The summed E-state index contributed by atoms with van der Waals surface area (Å²) < 4.78 is 1.79. The van der Waals surface area contributed by atoms with Crippen LogP contribution in [-0.2, 0) is 6.54 Å². The molecule has 1 aromatic heterocycles. The number of aryl methyl sites for hydroxylation is 1. The lowest BCUT2D eigenvalue weighted by Gasteiger charge is -2.10. The fourth-order valence-corrected chi connectivity index (χ4v) is 1.58. The minimum absolute atomic E-state index is 0.00214. The maximum Gasteiger partial charge on any atom is 0.184 e. The molecule has 0 aliphatic heterocycles. The second-order valence-corrected chi connectivity index (χ2v) is 3.76. The van der Waals surface area contributed by atoms with Crippen LogP contribution in [0, 0.1) is 5.92 Å². The zero-order valence-electron chi connectivity index (χ0n) is 9.66. The number of carbonyl (C=O) groups excluding carboxylic acids is 1. The van der Waals surface area contributed by atoms with Crippen molar-refractivity contribution in [3.8, 4) is 0 Å². The fourth-order valence-electron chi connectivity index (χ4n) is 1.58. The Morgan fingerprint density at radius 2 is 2.40 bits per heavy atom. The van der Waals surface area contributed by atoms with Crippen LogP contribution in [0.15, 0.2) is 12.3 Å². The van der Waals surface area contributed by atoms with Gasteiger partial charge in [0.2, 0.25) is 0 Å². The van der Waals surface area contributed by atoms with Gasteiger partial charge in [0.05, 0.1) is 0 Å². The van der Waals surface area contributed by atoms with Gasteiger partial charge in [0, 0.05) is 25.2 Å². The molecule has 0 aliphatic rings. The number of nitrogens with zero attached hydrogens (tertiary/aromatic N) is 2. The summed E-state index contributed by atoms with van der Waals surface area (Å²) in [6, 6.07) is 1.80. The van der Waals surface area contributed by atoms with Gasteiger partial charge in [-0.05, 0) is 19.5 Å². The molecule has 0 aromatic carbocycles. The third kappa shape index (κ3) is 2.89. The number of Topliss-reactive ketones (excluding diaryl/α,β-unsaturated/α-hetero) is 1. The summed E-state index contributed by atoms with van der Waals surface area (Å²) >= 11 is 0. The highest BCUT2D eigenvalue weighted by Gasteiger charge is 2.17. The molecule has 15 heavy (non-hydrogen) atoms. The average Bonchev–Trinajstić information content (AvgIpc) is 2.66. The first-order valence-electron chi connectivity index (χ1n) is 5.41. The van der Waals surface area contributed by atoms with Crippen LogP contribution < -0.4 is 5.32 Å². The van der Waals surface area contributed by atoms with E-state index in [9.17, 15) is 4.79 Å². The minimum Gasteiger partial charge on any atom is -0.319 e. The summed E-state index contributed by atoms with van der Waals surface area (Å²) in [5.74, 6) is 0.164. The second kappa shape index (κ2) is 5.66. The normalized spacial score (nSPS) is 12.7. The van der Waals surface area contributed by atoms with Crippen LogP contribution in [0.2, 0.25) is 0 Å². The molecule has 0 spiro atoms. The predicted molar refractivity (Wildman–Crippen MR) is 59.9 cm³/mol. The highest BCUT2D eigenvalue weighted by atomic mass is 16.1. The zero-order valence-corrected chi connectivity index (χ0v) is 9.66. The Balaban J connectivity index is 2.76. The van der Waals surface area contributed by atoms with Crippen molar-refractivity contribution in [2.45, 2.75) is 26.8 Å². The van der Waals surface area contributed by atoms with Gasteiger partial charge in [-0.3, -0.25) is 9.48 Å². The van der Waals surface area contributed by atoms with Crippen molar-refractivity contribution in [1.29, 1.82) is 0 Å². The van der Waals surface area contributed by atoms with Crippen molar-refractivity contribution < 1.29 is 4.79 Å². The molecular formula is C11H19N3O. The molecule has 1 aromatic rings. The SMILES string of the molecule is CCCn1nccc1C(=O)C(C)CNC. The molecule has 0 bridgehead atoms. The Hall–Kier alpha value is -1.16. The first-order valence-corrected chi connectivity index (χ1v) is 5.41. The van der Waals surface area contributed by atoms with E-state index < -0.39 is 0 Å². The number of carbonyl (C=O) groups is 1. The van der Waals surface area contributed by atoms with E-state index in [2.05, 4.69) is 17.3 Å². The van der Waals surface area contributed by atoms with Gasteiger partial charge in [0.1, 0.15) is 5.69 Å². The molecule has 4 heteroatoms. The molecular weight excluding hydrogens is 190 g/mol. The third-order valence-corrected chi connectivity index (χ3v) is 2.36. The first kappa shape index (κ1) is 11.9. The van der Waals surface area contributed by atoms with Crippen LogP contribution in [0.5, 0.6) is 0 Å². The molecule has 0 radical (unpaired) electrons. The molecule has 0 aliphatic carbocycles. The maximum atomic E-state index is 12.0. The average molecular weight is 209 g/mol. The summed E-state index contributed by atoms with van der Waals surface area (Å²) in [4.78, 5) is 12.0. The number of nitrogens with one attached hydrogen (secondary N) is 1. The fraction of sp³-hybridized carbons (Fsp3) is 0.636. The Bertz CT molecular complexity index is 319. The van der Waals surface area contributed by atoms with Gasteiger partial charge in [-0.2, -0.15) is 5.10 Å². The molecule has 4 nitrogen and oxygen atoms in total. The summed E-state index contributed by atoms with van der Waals surface area (Å²) in [5.41, 5.74) is 0.722. The van der Waals surface area contributed by atoms with E-state index in [1.54, 1.807) is 16.9 Å². The second-order valence-electron chi connectivity index (χ2n) is 3.76. The highest BCUT2D eigenvalue weighted by Crippen LogP contribution is 2.08. The van der Waals surface area contributed by atoms with Crippen molar-refractivity contribution in [3.05, 3.63) is 18.0 Å². The van der Waals surface area contributed by atoms with Gasteiger partial charge in [-0.15, -0.1) is 0 Å². The molecule has 1 heterocycles. The van der Waals surface area contributed by atoms with E-state index >= 15 is 0 Å². The highest BCUT2D eigenvalue weighted by molar-refractivity contribution is 5.96. The van der Waals surface area contributed by atoms with Crippen molar-refractivity contribution in [2.75, 3.05) is 13.6 Å². The Kier molecular flexibility index (Phi) is 4.49. The maximum absolute atomic E-state index is 12.0. The molecule has 0 saturated carbocycles. The van der Waals surface area contributed by atoms with Gasteiger partial charge < -0.3 is 5.32 Å². The number of hydrogen-bond acceptors (Lipinski definition) is 3. The van der Waals surface area contributed by atoms with E-state index in [-0.39, 0.29) is 11.7 Å². The quantitative estimate of drug-likeness (QED) is 0.719. The number of aromatic nitrogens is 2. The first-order chi connectivity index (χ1) is 7.20. The van der Waals surface area contributed by atoms with Crippen LogP contribution in [0.3, 0.4) is 0 Å². The molecule has 1 unspecified atom stereocenters. The molecule has 1 N–H and O–H groups in total. The summed E-state index contributed by atoms with van der Waals surface area (Å²) in [7, 11) is 1.85. The lowest BCUT2D eigenvalue weighted by Crippen LogP contribution is -2.25. The predicted octanol–water partition coefficient (Wildman–Crippen LogP) is 1.33. The lowest BCUT2D eigenvalue weighted by atomic mass is 10.0. The van der Waals surface area contributed by atoms with Crippen LogP contribution in [0.1, 0.15) is 30.8 Å². The molecule has 1 atom stereocenters. The van der Waals surface area contributed by atoms with E-state index in [0.717, 1.165) is 18.7 Å². The number of rotatable bonds is 6. The van der Waals surface area contributed by atoms with Crippen molar-refractivity contribution >= 4 is 5.78 Å². The van der Waals surface area contributed by atoms with Gasteiger partial charge in [-0.1, -0.05) is 13.8 Å². The van der Waals surface area contributed by atoms with Gasteiger partial charge in [0.25, 0.3) is 0 Å². The molecule has 0 amide bonds. The van der Waals surface area contributed by atoms with Crippen LogP contribution in [0.25, 0.3) is 0 Å². The van der Waals surface area contributed by atoms with E-state index in [0.29, 0.717) is 6.54 Å². The van der Waals surface area contributed by atoms with E-state index in [4.69, 9.17) is 0 Å². The summed E-state index contributed by atoms with van der Waals surface area (Å²) in [5, 5.41) is 7.16. The third-order valence-electron chi connectivity index (χ3n) is 2.36. The smallest absolute Gasteiger partial charge is 0.184 e. The lowest BCUT2D eigenvalue weighted by molar-refractivity contribution is 0.0919. The van der Waals surface area contributed by atoms with Crippen molar-refractivity contribution in [2.24, 2.45) is 5.92 Å². The van der Waals surface area contributed by atoms with Gasteiger partial charge in [-0.25, -0.2) is 0 Å². The van der Waals surface area contributed by atoms with Crippen LogP contribution in [0.4, 0.5) is 0 Å². The monoisotopic (exact) mass is 209 g/mol. The van der Waals surface area contributed by atoms with Gasteiger partial charge >= 0.3 is 0 Å². The molecule has 0 fully saturated rings. The summed E-state index contributed by atoms with van der Waals surface area (Å²) in [6.07, 6.45) is 2.68. The molecule has 0 saturated heterocycles. The topological polar surface area (TPSA) is 46.9 Å². The van der Waals surface area contributed by atoms with Crippen LogP contribution >= 0.6 is 0 Å². The van der Waals surface area contributed by atoms with E-state index in [1.165, 1.54) is 0 Å². The largest absolute Gasteiger partial charge is 0.319 e. The van der Waals surface area contributed by atoms with Crippen molar-refractivity contribution in [3.63, 3.8) is 0 Å². The standard InChI is InChI=1S/C11H19N3O/c1-4-7-14-10(5-6-13-14)11(15)9(2)8-12-3/h5-6,9,12H,4,7-8H2,1-3H3. The summed E-state index contributed by atoms with van der Waals surface area (Å²) in [6.45, 7) is 5.52.